The quantitative estimate of drug-likeness (QED) is 0.767. The molecule has 0 fully saturated rings. The molecular weight excluding hydrogens is 299 g/mol. The van der Waals surface area contributed by atoms with Crippen molar-refractivity contribution in [2.24, 2.45) is 0 Å². The van der Waals surface area contributed by atoms with Crippen LogP contribution in [0, 0.1) is 5.82 Å². The zero-order valence-electron chi connectivity index (χ0n) is 10.7. The van der Waals surface area contributed by atoms with Crippen molar-refractivity contribution in [2.75, 3.05) is 13.1 Å². The number of nitrogens with one attached hydrogen (secondary N) is 2. The standard InChI is InChI=1S/C13H11FN2O4S/c14-8-2-1-3-9-7(8)4-10(21-9)13(20)16-5-11(17)15-6-12(18)19/h1-4H,5-6H2,(H,15,17)(H,16,20)(H,18,19). The van der Waals surface area contributed by atoms with Gasteiger partial charge in [0.1, 0.15) is 12.4 Å². The lowest BCUT2D eigenvalue weighted by molar-refractivity contribution is -0.137. The van der Waals surface area contributed by atoms with Gasteiger partial charge in [-0.3, -0.25) is 14.4 Å². The van der Waals surface area contributed by atoms with Crippen molar-refractivity contribution in [1.29, 1.82) is 0 Å². The molecule has 21 heavy (non-hydrogen) atoms. The summed E-state index contributed by atoms with van der Waals surface area (Å²) in [5.74, 6) is -2.71. The summed E-state index contributed by atoms with van der Waals surface area (Å²) in [5, 5.41) is 13.2. The zero-order valence-corrected chi connectivity index (χ0v) is 11.5. The van der Waals surface area contributed by atoms with Crippen LogP contribution in [-0.2, 0) is 9.59 Å². The lowest BCUT2D eigenvalue weighted by Gasteiger charge is -2.03. The van der Waals surface area contributed by atoms with Crippen molar-refractivity contribution in [3.05, 3.63) is 35.0 Å². The van der Waals surface area contributed by atoms with Gasteiger partial charge in [0.05, 0.1) is 11.4 Å². The molecule has 1 aromatic heterocycles. The molecule has 1 aromatic carbocycles. The lowest BCUT2D eigenvalue weighted by atomic mass is 10.2. The van der Waals surface area contributed by atoms with Gasteiger partial charge in [-0.1, -0.05) is 6.07 Å². The number of halogens is 1. The third kappa shape index (κ3) is 3.76. The van der Waals surface area contributed by atoms with E-state index in [1.807, 2.05) is 0 Å². The molecular formula is C13H11FN2O4S. The molecule has 2 rings (SSSR count). The highest BCUT2D eigenvalue weighted by atomic mass is 32.1. The Morgan fingerprint density at radius 1 is 1.19 bits per heavy atom. The van der Waals surface area contributed by atoms with Crippen molar-refractivity contribution in [3.63, 3.8) is 0 Å². The van der Waals surface area contributed by atoms with Gasteiger partial charge in [0, 0.05) is 10.1 Å². The predicted molar refractivity (Wildman–Crippen MR) is 74.8 cm³/mol. The van der Waals surface area contributed by atoms with Crippen molar-refractivity contribution in [1.82, 2.24) is 10.6 Å². The Hall–Kier alpha value is -2.48. The van der Waals surface area contributed by atoms with Gasteiger partial charge in [-0.05, 0) is 18.2 Å². The highest BCUT2D eigenvalue weighted by molar-refractivity contribution is 7.20. The van der Waals surface area contributed by atoms with Crippen LogP contribution >= 0.6 is 11.3 Å². The largest absolute Gasteiger partial charge is 0.480 e. The van der Waals surface area contributed by atoms with E-state index in [1.165, 1.54) is 12.1 Å². The number of thiophene rings is 1. The zero-order chi connectivity index (χ0) is 15.4. The van der Waals surface area contributed by atoms with Crippen molar-refractivity contribution < 1.29 is 23.9 Å². The number of benzene rings is 1. The molecule has 0 aliphatic heterocycles. The molecule has 8 heteroatoms. The van der Waals surface area contributed by atoms with Crippen LogP contribution in [0.3, 0.4) is 0 Å². The maximum Gasteiger partial charge on any atom is 0.322 e. The number of aliphatic carboxylic acids is 1. The smallest absolute Gasteiger partial charge is 0.322 e. The molecule has 0 atom stereocenters. The Morgan fingerprint density at radius 2 is 1.95 bits per heavy atom. The summed E-state index contributed by atoms with van der Waals surface area (Å²) in [4.78, 5) is 33.7. The van der Waals surface area contributed by atoms with Gasteiger partial charge >= 0.3 is 5.97 Å². The average Bonchev–Trinajstić information content (AvgIpc) is 2.88. The SMILES string of the molecule is O=C(O)CNC(=O)CNC(=O)c1cc2c(F)cccc2s1. The number of amides is 2. The normalized spacial score (nSPS) is 10.3. The van der Waals surface area contributed by atoms with Crippen molar-refractivity contribution in [3.8, 4) is 0 Å². The molecule has 110 valence electrons. The van der Waals surface area contributed by atoms with Crippen LogP contribution in [0.4, 0.5) is 4.39 Å². The first-order valence-corrected chi connectivity index (χ1v) is 6.74. The summed E-state index contributed by atoms with van der Waals surface area (Å²) in [5.41, 5.74) is 0. The molecule has 0 saturated heterocycles. The second kappa shape index (κ2) is 6.31. The van der Waals surface area contributed by atoms with Crippen LogP contribution in [-0.4, -0.2) is 36.0 Å². The van der Waals surface area contributed by atoms with E-state index < -0.39 is 30.1 Å². The fourth-order valence-electron chi connectivity index (χ4n) is 1.62. The first-order valence-electron chi connectivity index (χ1n) is 5.92. The van der Waals surface area contributed by atoms with Crippen LogP contribution in [0.2, 0.25) is 0 Å². The molecule has 1 heterocycles. The summed E-state index contributed by atoms with van der Waals surface area (Å²) in [6.45, 7) is -0.856. The second-order valence-corrected chi connectivity index (χ2v) is 5.20. The number of hydrogen-bond acceptors (Lipinski definition) is 4. The Kier molecular flexibility index (Phi) is 4.49. The third-order valence-electron chi connectivity index (χ3n) is 2.58. The summed E-state index contributed by atoms with van der Waals surface area (Å²) in [6.07, 6.45) is 0. The molecule has 3 N–H and O–H groups in total. The summed E-state index contributed by atoms with van der Waals surface area (Å²) < 4.78 is 14.1. The molecule has 0 unspecified atom stereocenters. The number of carboxylic acid groups (broad SMARTS) is 1. The molecule has 0 aliphatic rings. The van der Waals surface area contributed by atoms with Crippen LogP contribution in [0.25, 0.3) is 10.1 Å². The van der Waals surface area contributed by atoms with Crippen LogP contribution in [0.5, 0.6) is 0 Å². The monoisotopic (exact) mass is 310 g/mol. The van der Waals surface area contributed by atoms with Gasteiger partial charge in [0.2, 0.25) is 5.91 Å². The van der Waals surface area contributed by atoms with E-state index in [2.05, 4.69) is 10.6 Å². The van der Waals surface area contributed by atoms with Gasteiger partial charge in [-0.15, -0.1) is 11.3 Å². The second-order valence-electron chi connectivity index (χ2n) is 4.12. The van der Waals surface area contributed by atoms with Gasteiger partial charge in [-0.2, -0.15) is 0 Å². The van der Waals surface area contributed by atoms with Crippen molar-refractivity contribution >= 4 is 39.2 Å². The molecule has 0 radical (unpaired) electrons. The molecule has 0 bridgehead atoms. The molecule has 0 saturated carbocycles. The minimum absolute atomic E-state index is 0.279. The number of carboxylic acids is 1. The highest BCUT2D eigenvalue weighted by Gasteiger charge is 2.13. The molecule has 2 amide bonds. The Labute approximate surface area is 122 Å². The Balaban J connectivity index is 1.97. The van der Waals surface area contributed by atoms with E-state index in [9.17, 15) is 18.8 Å². The third-order valence-corrected chi connectivity index (χ3v) is 3.68. The number of carbonyl (C=O) groups excluding carboxylic acids is 2. The van der Waals surface area contributed by atoms with Gasteiger partial charge < -0.3 is 15.7 Å². The Bertz CT molecular complexity index is 713. The van der Waals surface area contributed by atoms with E-state index in [0.29, 0.717) is 10.1 Å². The van der Waals surface area contributed by atoms with Crippen LogP contribution in [0.1, 0.15) is 9.67 Å². The maximum atomic E-state index is 13.5. The van der Waals surface area contributed by atoms with Gasteiger partial charge in [-0.25, -0.2) is 4.39 Å². The van der Waals surface area contributed by atoms with Crippen molar-refractivity contribution in [2.45, 2.75) is 0 Å². The summed E-state index contributed by atoms with van der Waals surface area (Å²) in [7, 11) is 0. The van der Waals surface area contributed by atoms with E-state index in [0.717, 1.165) is 11.3 Å². The Morgan fingerprint density at radius 3 is 2.62 bits per heavy atom. The summed E-state index contributed by atoms with van der Waals surface area (Å²) >= 11 is 1.11. The lowest BCUT2D eigenvalue weighted by Crippen LogP contribution is -2.38. The number of fused-ring (bicyclic) bond motifs is 1. The topological polar surface area (TPSA) is 95.5 Å². The number of carbonyl (C=O) groups is 3. The van der Waals surface area contributed by atoms with Crippen LogP contribution in [0.15, 0.2) is 24.3 Å². The van der Waals surface area contributed by atoms with E-state index in [-0.39, 0.29) is 11.4 Å². The fourth-order valence-corrected chi connectivity index (χ4v) is 2.61. The maximum absolute atomic E-state index is 13.5. The predicted octanol–water partition coefficient (Wildman–Crippen LogP) is 0.971. The first kappa shape index (κ1) is 14.9. The van der Waals surface area contributed by atoms with E-state index >= 15 is 0 Å². The summed E-state index contributed by atoms with van der Waals surface area (Å²) in [6, 6.07) is 5.96. The highest BCUT2D eigenvalue weighted by Crippen LogP contribution is 2.27. The molecule has 2 aromatic rings. The fraction of sp³-hybridized carbons (Fsp3) is 0.154. The molecule has 0 aliphatic carbocycles. The average molecular weight is 310 g/mol. The minimum Gasteiger partial charge on any atom is -0.480 e. The molecule has 6 nitrogen and oxygen atoms in total. The first-order chi connectivity index (χ1) is 9.97. The number of rotatable bonds is 5. The van der Waals surface area contributed by atoms with Gasteiger partial charge in [0.25, 0.3) is 5.91 Å². The molecule has 0 spiro atoms. The number of hydrogen-bond donors (Lipinski definition) is 3. The van der Waals surface area contributed by atoms with Crippen LogP contribution < -0.4 is 10.6 Å². The minimum atomic E-state index is -1.17. The van der Waals surface area contributed by atoms with E-state index in [4.69, 9.17) is 5.11 Å². The van der Waals surface area contributed by atoms with Gasteiger partial charge in [0.15, 0.2) is 0 Å². The van der Waals surface area contributed by atoms with E-state index in [1.54, 1.807) is 12.1 Å².